The zero-order chi connectivity index (χ0) is 13.2. The first-order valence-corrected chi connectivity index (χ1v) is 7.04. The Kier molecular flexibility index (Phi) is 3.17. The van der Waals surface area contributed by atoms with Gasteiger partial charge in [0.1, 0.15) is 5.52 Å². The fourth-order valence-electron chi connectivity index (χ4n) is 1.81. The predicted molar refractivity (Wildman–Crippen MR) is 79.2 cm³/mol. The molecule has 0 bridgehead atoms. The Labute approximate surface area is 115 Å². The maximum atomic E-state index is 5.72. The van der Waals surface area contributed by atoms with Gasteiger partial charge in [0.15, 0.2) is 5.58 Å². The van der Waals surface area contributed by atoms with Gasteiger partial charge in [0.05, 0.1) is 0 Å². The molecule has 19 heavy (non-hydrogen) atoms. The number of nitrogens with zero attached hydrogens (tertiary/aromatic N) is 1. The summed E-state index contributed by atoms with van der Waals surface area (Å²) in [6.07, 6.45) is 0. The fraction of sp³-hybridized carbons (Fsp3) is 0.133. The largest absolute Gasteiger partial charge is 0.431 e. The summed E-state index contributed by atoms with van der Waals surface area (Å²) in [5.74, 6) is 0.850. The summed E-state index contributed by atoms with van der Waals surface area (Å²) in [5.41, 5.74) is 10.5. The molecule has 0 spiro atoms. The van der Waals surface area contributed by atoms with Gasteiger partial charge in [-0.15, -0.1) is 0 Å². The summed E-state index contributed by atoms with van der Waals surface area (Å²) < 4.78 is 5.67. The minimum atomic E-state index is 0.682. The Bertz CT molecular complexity index is 704. The second-order valence-corrected chi connectivity index (χ2v) is 5.41. The predicted octanol–water partition coefficient (Wildman–Crippen LogP) is 4.01. The maximum absolute atomic E-state index is 5.72. The van der Waals surface area contributed by atoms with Crippen molar-refractivity contribution in [1.29, 1.82) is 0 Å². The van der Waals surface area contributed by atoms with Gasteiger partial charge >= 0.3 is 0 Å². The molecule has 1 heterocycles. The van der Waals surface area contributed by atoms with Crippen LogP contribution in [0.15, 0.2) is 52.1 Å². The lowest BCUT2D eigenvalue weighted by Crippen LogP contribution is -1.81. The third-order valence-corrected chi connectivity index (χ3v) is 3.78. The Morgan fingerprint density at radius 1 is 1.16 bits per heavy atom. The summed E-state index contributed by atoms with van der Waals surface area (Å²) in [7, 11) is 0. The van der Waals surface area contributed by atoms with E-state index in [2.05, 4.69) is 36.2 Å². The molecular weight excluding hydrogens is 256 g/mol. The van der Waals surface area contributed by atoms with E-state index in [0.29, 0.717) is 10.9 Å². The Morgan fingerprint density at radius 2 is 1.95 bits per heavy atom. The summed E-state index contributed by atoms with van der Waals surface area (Å²) >= 11 is 1.59. The SMILES string of the molecule is Cc1ccc(CSc2nc3ccc(N)cc3o2)cc1. The molecule has 2 N–H and O–H groups in total. The number of nitrogen functional groups attached to an aromatic ring is 1. The standard InChI is InChI=1S/C15H14N2OS/c1-10-2-4-11(5-3-10)9-19-15-17-13-7-6-12(16)8-14(13)18-15/h2-8H,9,16H2,1H3. The molecule has 4 heteroatoms. The van der Waals surface area contributed by atoms with Gasteiger partial charge in [-0.05, 0) is 24.6 Å². The molecule has 0 aliphatic rings. The average Bonchev–Trinajstić information content (AvgIpc) is 2.80. The molecule has 96 valence electrons. The van der Waals surface area contributed by atoms with E-state index in [4.69, 9.17) is 10.2 Å². The van der Waals surface area contributed by atoms with Crippen molar-refractivity contribution in [3.63, 3.8) is 0 Å². The van der Waals surface area contributed by atoms with Crippen molar-refractivity contribution >= 4 is 28.5 Å². The third-order valence-electron chi connectivity index (χ3n) is 2.88. The second-order valence-electron chi connectivity index (χ2n) is 4.48. The van der Waals surface area contributed by atoms with E-state index in [1.54, 1.807) is 17.8 Å². The summed E-state index contributed by atoms with van der Waals surface area (Å²) in [5, 5.41) is 0.682. The van der Waals surface area contributed by atoms with Crippen molar-refractivity contribution in [2.75, 3.05) is 5.73 Å². The highest BCUT2D eigenvalue weighted by molar-refractivity contribution is 7.98. The third kappa shape index (κ3) is 2.74. The van der Waals surface area contributed by atoms with Crippen LogP contribution in [-0.2, 0) is 5.75 Å². The number of thioether (sulfide) groups is 1. The summed E-state index contributed by atoms with van der Waals surface area (Å²) in [6.45, 7) is 2.09. The number of aryl methyl sites for hydroxylation is 1. The van der Waals surface area contributed by atoms with Gasteiger partial charge in [-0.2, -0.15) is 0 Å². The van der Waals surface area contributed by atoms with Crippen molar-refractivity contribution in [3.05, 3.63) is 53.6 Å². The van der Waals surface area contributed by atoms with E-state index in [-0.39, 0.29) is 0 Å². The molecule has 0 amide bonds. The highest BCUT2D eigenvalue weighted by atomic mass is 32.2. The lowest BCUT2D eigenvalue weighted by molar-refractivity contribution is 0.489. The Hall–Kier alpha value is -1.94. The van der Waals surface area contributed by atoms with Crippen LogP contribution in [0.2, 0.25) is 0 Å². The first-order chi connectivity index (χ1) is 9.20. The van der Waals surface area contributed by atoms with Crippen molar-refractivity contribution in [1.82, 2.24) is 4.98 Å². The number of benzene rings is 2. The van der Waals surface area contributed by atoms with E-state index < -0.39 is 0 Å². The molecule has 0 fully saturated rings. The highest BCUT2D eigenvalue weighted by Gasteiger charge is 2.06. The minimum absolute atomic E-state index is 0.682. The monoisotopic (exact) mass is 270 g/mol. The van der Waals surface area contributed by atoms with Crippen LogP contribution in [0.3, 0.4) is 0 Å². The lowest BCUT2D eigenvalue weighted by atomic mass is 10.2. The number of aromatic nitrogens is 1. The molecule has 0 aliphatic heterocycles. The van der Waals surface area contributed by atoms with Crippen LogP contribution in [0.4, 0.5) is 5.69 Å². The highest BCUT2D eigenvalue weighted by Crippen LogP contribution is 2.27. The molecular formula is C15H14N2OS. The van der Waals surface area contributed by atoms with E-state index in [9.17, 15) is 0 Å². The Balaban J connectivity index is 1.76. The quantitative estimate of drug-likeness (QED) is 0.577. The van der Waals surface area contributed by atoms with Gasteiger partial charge in [0, 0.05) is 17.5 Å². The smallest absolute Gasteiger partial charge is 0.257 e. The molecule has 0 saturated carbocycles. The topological polar surface area (TPSA) is 52.0 Å². The first kappa shape index (κ1) is 12.1. The molecule has 0 atom stereocenters. The number of oxazole rings is 1. The van der Waals surface area contributed by atoms with E-state index in [0.717, 1.165) is 16.9 Å². The van der Waals surface area contributed by atoms with Crippen LogP contribution < -0.4 is 5.73 Å². The number of fused-ring (bicyclic) bond motifs is 1. The van der Waals surface area contributed by atoms with Gasteiger partial charge < -0.3 is 10.2 Å². The number of hydrogen-bond acceptors (Lipinski definition) is 4. The van der Waals surface area contributed by atoms with Gasteiger partial charge in [0.25, 0.3) is 5.22 Å². The molecule has 2 aromatic carbocycles. The molecule has 3 rings (SSSR count). The van der Waals surface area contributed by atoms with Crippen LogP contribution >= 0.6 is 11.8 Å². The lowest BCUT2D eigenvalue weighted by Gasteiger charge is -1.98. The number of rotatable bonds is 3. The summed E-state index contributed by atoms with van der Waals surface area (Å²) in [4.78, 5) is 4.43. The van der Waals surface area contributed by atoms with Crippen molar-refractivity contribution in [2.45, 2.75) is 17.9 Å². The Morgan fingerprint density at radius 3 is 2.74 bits per heavy atom. The van der Waals surface area contributed by atoms with Gasteiger partial charge in [-0.3, -0.25) is 0 Å². The zero-order valence-electron chi connectivity index (χ0n) is 10.6. The van der Waals surface area contributed by atoms with Crippen molar-refractivity contribution < 1.29 is 4.42 Å². The van der Waals surface area contributed by atoms with Gasteiger partial charge in [0.2, 0.25) is 0 Å². The molecule has 0 radical (unpaired) electrons. The van der Waals surface area contributed by atoms with Crippen LogP contribution in [0, 0.1) is 6.92 Å². The van der Waals surface area contributed by atoms with Gasteiger partial charge in [-0.25, -0.2) is 4.98 Å². The minimum Gasteiger partial charge on any atom is -0.431 e. The number of hydrogen-bond donors (Lipinski definition) is 1. The number of anilines is 1. The normalized spacial score (nSPS) is 11.0. The van der Waals surface area contributed by atoms with Crippen LogP contribution in [0.1, 0.15) is 11.1 Å². The zero-order valence-corrected chi connectivity index (χ0v) is 11.4. The van der Waals surface area contributed by atoms with Crippen LogP contribution in [0.5, 0.6) is 0 Å². The fourth-order valence-corrected chi connectivity index (χ4v) is 2.61. The van der Waals surface area contributed by atoms with E-state index in [1.807, 2.05) is 12.1 Å². The molecule has 0 aliphatic carbocycles. The van der Waals surface area contributed by atoms with Gasteiger partial charge in [-0.1, -0.05) is 41.6 Å². The van der Waals surface area contributed by atoms with E-state index in [1.165, 1.54) is 11.1 Å². The van der Waals surface area contributed by atoms with Crippen molar-refractivity contribution in [2.24, 2.45) is 0 Å². The first-order valence-electron chi connectivity index (χ1n) is 6.05. The van der Waals surface area contributed by atoms with E-state index >= 15 is 0 Å². The average molecular weight is 270 g/mol. The number of nitrogens with two attached hydrogens (primary N) is 1. The molecule has 0 unspecified atom stereocenters. The molecule has 3 nitrogen and oxygen atoms in total. The summed E-state index contributed by atoms with van der Waals surface area (Å²) in [6, 6.07) is 14.0. The molecule has 3 aromatic rings. The van der Waals surface area contributed by atoms with Crippen LogP contribution in [0.25, 0.3) is 11.1 Å². The van der Waals surface area contributed by atoms with Crippen molar-refractivity contribution in [3.8, 4) is 0 Å². The second kappa shape index (κ2) is 4.97. The van der Waals surface area contributed by atoms with Crippen LogP contribution in [-0.4, -0.2) is 4.98 Å². The maximum Gasteiger partial charge on any atom is 0.257 e. The molecule has 0 saturated heterocycles. The molecule has 1 aromatic heterocycles.